The zero-order valence-corrected chi connectivity index (χ0v) is 19.6. The summed E-state index contributed by atoms with van der Waals surface area (Å²) in [4.78, 5) is 36.1. The molecule has 0 bridgehead atoms. The van der Waals surface area contributed by atoms with E-state index in [1.807, 2.05) is 42.5 Å². The molecule has 5 aromatic rings. The fourth-order valence-electron chi connectivity index (χ4n) is 3.66. The number of nitrogens with zero attached hydrogens (tertiary/aromatic N) is 3. The van der Waals surface area contributed by atoms with Crippen molar-refractivity contribution in [3.8, 4) is 5.75 Å². The number of hydrogen-bond acceptors (Lipinski definition) is 6. The predicted octanol–water partition coefficient (Wildman–Crippen LogP) is 3.40. The van der Waals surface area contributed by atoms with Crippen molar-refractivity contribution in [3.63, 3.8) is 0 Å². The van der Waals surface area contributed by atoms with E-state index in [2.05, 4.69) is 20.6 Å². The Kier molecular flexibility index (Phi) is 6.89. The molecule has 0 aliphatic heterocycles. The minimum absolute atomic E-state index is 0.0392. The van der Waals surface area contributed by atoms with Crippen molar-refractivity contribution in [3.05, 3.63) is 123 Å². The van der Waals surface area contributed by atoms with Gasteiger partial charge in [-0.3, -0.25) is 9.59 Å². The molecule has 0 radical (unpaired) electrons. The number of rotatable bonds is 9. The quantitative estimate of drug-likeness (QED) is 0.322. The average Bonchev–Trinajstić information content (AvgIpc) is 3.34. The number of benzene rings is 3. The van der Waals surface area contributed by atoms with Crippen molar-refractivity contribution in [1.82, 2.24) is 25.5 Å². The van der Waals surface area contributed by atoms with E-state index in [9.17, 15) is 14.0 Å². The van der Waals surface area contributed by atoms with E-state index in [4.69, 9.17) is 9.57 Å². The van der Waals surface area contributed by atoms with Gasteiger partial charge in [-0.1, -0.05) is 59.4 Å². The van der Waals surface area contributed by atoms with Crippen LogP contribution in [0.4, 0.5) is 4.39 Å². The first-order valence-corrected chi connectivity index (χ1v) is 11.5. The van der Waals surface area contributed by atoms with Crippen molar-refractivity contribution in [2.24, 2.45) is 0 Å². The van der Waals surface area contributed by atoms with E-state index >= 15 is 0 Å². The van der Waals surface area contributed by atoms with Crippen molar-refractivity contribution < 1.29 is 18.8 Å². The SMILES string of the molecule is O=C(NCc1ccc(F)cc1)c1c[nH]c(COn2nnc3ccccc32)c(OCc2ccccc2)c1=O. The third-order valence-electron chi connectivity index (χ3n) is 5.61. The second kappa shape index (κ2) is 10.7. The van der Waals surface area contributed by atoms with E-state index in [1.165, 1.54) is 23.2 Å². The normalized spacial score (nSPS) is 10.8. The van der Waals surface area contributed by atoms with Gasteiger partial charge in [-0.15, -0.1) is 5.10 Å². The summed E-state index contributed by atoms with van der Waals surface area (Å²) in [7, 11) is 0. The first-order chi connectivity index (χ1) is 18.1. The number of fused-ring (bicyclic) bond motifs is 1. The highest BCUT2D eigenvalue weighted by Crippen LogP contribution is 2.16. The van der Waals surface area contributed by atoms with Gasteiger partial charge < -0.3 is 19.9 Å². The number of H-pyrrole nitrogens is 1. The average molecular weight is 500 g/mol. The number of para-hydroxylation sites is 1. The molecule has 37 heavy (non-hydrogen) atoms. The standard InChI is InChI=1S/C27H22FN5O4/c28-20-12-10-18(11-13-20)14-30-27(35)21-15-29-23(17-37-33-24-9-5-4-8-22(24)31-32-33)26(25(21)34)36-16-19-6-2-1-3-7-19/h1-13,15H,14,16-17H2,(H,29,34)(H,30,35). The number of aromatic amines is 1. The minimum atomic E-state index is -0.593. The molecular formula is C27H22FN5O4. The van der Waals surface area contributed by atoms with Crippen molar-refractivity contribution >= 4 is 16.9 Å². The number of hydrogen-bond donors (Lipinski definition) is 2. The summed E-state index contributed by atoms with van der Waals surface area (Å²) in [6.07, 6.45) is 1.32. The lowest BCUT2D eigenvalue weighted by atomic mass is 10.2. The number of aromatic nitrogens is 4. The lowest BCUT2D eigenvalue weighted by Crippen LogP contribution is -2.30. The molecule has 2 heterocycles. The number of nitrogens with one attached hydrogen (secondary N) is 2. The van der Waals surface area contributed by atoms with Gasteiger partial charge in [-0.05, 0) is 40.6 Å². The number of amides is 1. The summed E-state index contributed by atoms with van der Waals surface area (Å²) in [6.45, 7) is 0.150. The maximum absolute atomic E-state index is 13.3. The van der Waals surface area contributed by atoms with E-state index in [1.54, 1.807) is 24.3 Å². The first kappa shape index (κ1) is 23.7. The molecule has 5 rings (SSSR count). The molecule has 0 spiro atoms. The Morgan fingerprint density at radius 3 is 2.51 bits per heavy atom. The maximum Gasteiger partial charge on any atom is 0.257 e. The van der Waals surface area contributed by atoms with Gasteiger partial charge in [0.15, 0.2) is 12.4 Å². The van der Waals surface area contributed by atoms with Crippen LogP contribution in [-0.4, -0.2) is 26.0 Å². The zero-order chi connectivity index (χ0) is 25.6. The molecule has 3 aromatic carbocycles. The van der Waals surface area contributed by atoms with Crippen LogP contribution < -0.4 is 20.3 Å². The Bertz CT molecular complexity index is 1580. The van der Waals surface area contributed by atoms with Crippen LogP contribution in [0.15, 0.2) is 89.9 Å². The second-order valence-corrected chi connectivity index (χ2v) is 8.15. The molecule has 186 valence electrons. The van der Waals surface area contributed by atoms with Crippen LogP contribution >= 0.6 is 0 Å². The van der Waals surface area contributed by atoms with E-state index < -0.39 is 11.3 Å². The molecule has 0 unspecified atom stereocenters. The van der Waals surface area contributed by atoms with E-state index in [0.29, 0.717) is 22.3 Å². The van der Waals surface area contributed by atoms with Gasteiger partial charge >= 0.3 is 0 Å². The van der Waals surface area contributed by atoms with Crippen molar-refractivity contribution in [2.45, 2.75) is 19.8 Å². The van der Waals surface area contributed by atoms with Crippen LogP contribution in [-0.2, 0) is 19.8 Å². The molecule has 1 amide bonds. The molecule has 2 aromatic heterocycles. The smallest absolute Gasteiger partial charge is 0.257 e. The molecule has 0 aliphatic rings. The summed E-state index contributed by atoms with van der Waals surface area (Å²) < 4.78 is 19.0. The topological polar surface area (TPSA) is 111 Å². The Morgan fingerprint density at radius 1 is 0.946 bits per heavy atom. The van der Waals surface area contributed by atoms with Gasteiger partial charge in [0.05, 0.1) is 0 Å². The molecule has 10 heteroatoms. The van der Waals surface area contributed by atoms with Crippen LogP contribution in [0.5, 0.6) is 5.75 Å². The van der Waals surface area contributed by atoms with Crippen molar-refractivity contribution in [2.75, 3.05) is 0 Å². The van der Waals surface area contributed by atoms with E-state index in [-0.39, 0.29) is 36.9 Å². The molecule has 0 aliphatic carbocycles. The van der Waals surface area contributed by atoms with Crippen LogP contribution in [0, 0.1) is 5.82 Å². The third-order valence-corrected chi connectivity index (χ3v) is 5.61. The summed E-state index contributed by atoms with van der Waals surface area (Å²) in [5.41, 5.74) is 2.47. The Labute approximate surface area is 210 Å². The van der Waals surface area contributed by atoms with Gasteiger partial charge in [0.1, 0.15) is 34.7 Å². The summed E-state index contributed by atoms with van der Waals surface area (Å²) in [5, 5.41) is 10.7. The largest absolute Gasteiger partial charge is 0.483 e. The predicted molar refractivity (Wildman–Crippen MR) is 133 cm³/mol. The number of carbonyl (C=O) groups excluding carboxylic acids is 1. The molecule has 0 atom stereocenters. The highest BCUT2D eigenvalue weighted by atomic mass is 19.1. The zero-order valence-electron chi connectivity index (χ0n) is 19.6. The van der Waals surface area contributed by atoms with Gasteiger partial charge in [0, 0.05) is 12.7 Å². The highest BCUT2D eigenvalue weighted by Gasteiger charge is 2.19. The third kappa shape index (κ3) is 5.48. The molecule has 9 nitrogen and oxygen atoms in total. The highest BCUT2D eigenvalue weighted by molar-refractivity contribution is 5.94. The van der Waals surface area contributed by atoms with Crippen LogP contribution in [0.1, 0.15) is 27.2 Å². The Hall–Kier alpha value is -4.99. The number of pyridine rings is 1. The second-order valence-electron chi connectivity index (χ2n) is 8.15. The number of halogens is 1. The molecular weight excluding hydrogens is 477 g/mol. The van der Waals surface area contributed by atoms with Gasteiger partial charge in [0.2, 0.25) is 5.43 Å². The summed E-state index contributed by atoms with van der Waals surface area (Å²) in [6, 6.07) is 22.3. The lowest BCUT2D eigenvalue weighted by Gasteiger charge is -2.13. The van der Waals surface area contributed by atoms with Gasteiger partial charge in [-0.25, -0.2) is 4.39 Å². The molecule has 0 fully saturated rings. The fraction of sp³-hybridized carbons (Fsp3) is 0.111. The summed E-state index contributed by atoms with van der Waals surface area (Å²) >= 11 is 0. The van der Waals surface area contributed by atoms with Crippen LogP contribution in [0.3, 0.4) is 0 Å². The van der Waals surface area contributed by atoms with Gasteiger partial charge in [0.25, 0.3) is 5.91 Å². The Balaban J connectivity index is 1.38. The lowest BCUT2D eigenvalue weighted by molar-refractivity contribution is 0.0709. The number of carbonyl (C=O) groups is 1. The molecule has 0 saturated carbocycles. The number of ether oxygens (including phenoxy) is 1. The molecule has 2 N–H and O–H groups in total. The minimum Gasteiger partial charge on any atom is -0.483 e. The first-order valence-electron chi connectivity index (χ1n) is 11.5. The van der Waals surface area contributed by atoms with E-state index in [0.717, 1.165) is 5.56 Å². The fourth-order valence-corrected chi connectivity index (χ4v) is 3.66. The Morgan fingerprint density at radius 2 is 1.70 bits per heavy atom. The van der Waals surface area contributed by atoms with Crippen LogP contribution in [0.2, 0.25) is 0 Å². The summed E-state index contributed by atoms with van der Waals surface area (Å²) in [5.74, 6) is -1.00. The van der Waals surface area contributed by atoms with Gasteiger partial charge in [-0.2, -0.15) is 0 Å². The monoisotopic (exact) mass is 499 g/mol. The maximum atomic E-state index is 13.3. The van der Waals surface area contributed by atoms with Crippen LogP contribution in [0.25, 0.3) is 11.0 Å². The molecule has 0 saturated heterocycles. The van der Waals surface area contributed by atoms with Crippen molar-refractivity contribution in [1.29, 1.82) is 0 Å².